The maximum atomic E-state index is 5.43. The van der Waals surface area contributed by atoms with Gasteiger partial charge in [-0.2, -0.15) is 4.98 Å². The van der Waals surface area contributed by atoms with Crippen LogP contribution in [-0.4, -0.2) is 23.4 Å². The lowest BCUT2D eigenvalue weighted by atomic mass is 9.99. The van der Waals surface area contributed by atoms with Crippen molar-refractivity contribution in [2.75, 3.05) is 13.2 Å². The Hall–Kier alpha value is -1.20. The molecule has 0 amide bonds. The van der Waals surface area contributed by atoms with Gasteiger partial charge in [0.05, 0.1) is 11.5 Å². The third-order valence-electron chi connectivity index (χ3n) is 3.94. The van der Waals surface area contributed by atoms with Crippen LogP contribution >= 0.6 is 11.3 Å². The van der Waals surface area contributed by atoms with Crippen LogP contribution < -0.4 is 0 Å². The molecule has 4 nitrogen and oxygen atoms in total. The Morgan fingerprint density at radius 2 is 2.21 bits per heavy atom. The molecule has 0 radical (unpaired) electrons. The van der Waals surface area contributed by atoms with Gasteiger partial charge in [-0.05, 0) is 43.7 Å². The van der Waals surface area contributed by atoms with Gasteiger partial charge in [0.2, 0.25) is 0 Å². The summed E-state index contributed by atoms with van der Waals surface area (Å²) in [4.78, 5) is 7.19. The minimum Gasteiger partial charge on any atom is -0.381 e. The highest BCUT2D eigenvalue weighted by atomic mass is 32.1. The third kappa shape index (κ3) is 2.11. The first-order valence-corrected chi connectivity index (χ1v) is 7.75. The van der Waals surface area contributed by atoms with Crippen LogP contribution in [-0.2, 0) is 17.6 Å². The molecular formula is C14H16N2O2S. The van der Waals surface area contributed by atoms with E-state index in [1.54, 1.807) is 0 Å². The van der Waals surface area contributed by atoms with E-state index in [1.807, 2.05) is 11.3 Å². The van der Waals surface area contributed by atoms with Gasteiger partial charge in [-0.3, -0.25) is 0 Å². The van der Waals surface area contributed by atoms with Crippen molar-refractivity contribution in [2.24, 2.45) is 0 Å². The second kappa shape index (κ2) is 4.72. The molecule has 0 bridgehead atoms. The fourth-order valence-corrected chi connectivity index (χ4v) is 4.01. The Bertz CT molecular complexity index is 561. The summed E-state index contributed by atoms with van der Waals surface area (Å²) in [6.07, 6.45) is 6.01. The predicted octanol–water partition coefficient (Wildman–Crippen LogP) is 3.18. The molecule has 100 valence electrons. The van der Waals surface area contributed by atoms with Crippen molar-refractivity contribution < 1.29 is 9.26 Å². The van der Waals surface area contributed by atoms with E-state index in [0.717, 1.165) is 30.3 Å². The van der Waals surface area contributed by atoms with Crippen molar-refractivity contribution in [1.29, 1.82) is 0 Å². The van der Waals surface area contributed by atoms with E-state index in [-0.39, 0.29) is 0 Å². The number of ether oxygens (including phenoxy) is 1. The van der Waals surface area contributed by atoms with Crippen LogP contribution in [0.1, 0.15) is 41.4 Å². The maximum absolute atomic E-state index is 5.43. The van der Waals surface area contributed by atoms with Crippen LogP contribution in [0.4, 0.5) is 0 Å². The second-order valence-electron chi connectivity index (χ2n) is 5.28. The van der Waals surface area contributed by atoms with E-state index < -0.39 is 0 Å². The SMILES string of the molecule is c1c(-c2nc([C@@H]3CCOC3)no2)sc2c1CCCC2. The Morgan fingerprint density at radius 3 is 3.05 bits per heavy atom. The molecule has 3 heterocycles. The van der Waals surface area contributed by atoms with Gasteiger partial charge in [-0.1, -0.05) is 5.16 Å². The molecule has 1 atom stereocenters. The summed E-state index contributed by atoms with van der Waals surface area (Å²) in [5, 5.41) is 4.12. The van der Waals surface area contributed by atoms with E-state index in [1.165, 1.54) is 36.1 Å². The first-order valence-electron chi connectivity index (χ1n) is 6.93. The van der Waals surface area contributed by atoms with Gasteiger partial charge in [-0.15, -0.1) is 11.3 Å². The van der Waals surface area contributed by atoms with Crippen LogP contribution in [0.15, 0.2) is 10.6 Å². The number of nitrogens with zero attached hydrogens (tertiary/aromatic N) is 2. The zero-order valence-electron chi connectivity index (χ0n) is 10.7. The molecule has 1 saturated heterocycles. The average Bonchev–Trinajstić information content (AvgIpc) is 3.17. The van der Waals surface area contributed by atoms with Crippen molar-refractivity contribution in [1.82, 2.24) is 10.1 Å². The molecule has 19 heavy (non-hydrogen) atoms. The quantitative estimate of drug-likeness (QED) is 0.845. The molecule has 1 aliphatic carbocycles. The number of thiophene rings is 1. The highest BCUT2D eigenvalue weighted by Crippen LogP contribution is 2.35. The van der Waals surface area contributed by atoms with E-state index in [4.69, 9.17) is 9.26 Å². The Kier molecular flexibility index (Phi) is 2.89. The molecular weight excluding hydrogens is 260 g/mol. The molecule has 0 saturated carbocycles. The standard InChI is InChI=1S/C14H16N2O2S/c1-2-4-11-9(3-1)7-12(19-11)14-15-13(16-18-14)10-5-6-17-8-10/h7,10H,1-6,8H2/t10-/m1/s1. The van der Waals surface area contributed by atoms with Crippen molar-refractivity contribution >= 4 is 11.3 Å². The number of fused-ring (bicyclic) bond motifs is 1. The Balaban J connectivity index is 1.63. The summed E-state index contributed by atoms with van der Waals surface area (Å²) in [7, 11) is 0. The summed E-state index contributed by atoms with van der Waals surface area (Å²) in [5.74, 6) is 1.80. The first kappa shape index (κ1) is 11.6. The molecule has 2 aromatic rings. The van der Waals surface area contributed by atoms with Gasteiger partial charge in [0.15, 0.2) is 5.82 Å². The lowest BCUT2D eigenvalue weighted by molar-refractivity contribution is 0.192. The minimum atomic E-state index is 0.312. The number of hydrogen-bond acceptors (Lipinski definition) is 5. The molecule has 2 aliphatic rings. The largest absolute Gasteiger partial charge is 0.381 e. The van der Waals surface area contributed by atoms with Crippen LogP contribution in [0.25, 0.3) is 10.8 Å². The maximum Gasteiger partial charge on any atom is 0.268 e. The normalized spacial score (nSPS) is 22.6. The topological polar surface area (TPSA) is 48.2 Å². The molecule has 0 aromatic carbocycles. The van der Waals surface area contributed by atoms with Gasteiger partial charge < -0.3 is 9.26 Å². The molecule has 0 N–H and O–H groups in total. The lowest BCUT2D eigenvalue weighted by Gasteiger charge is -2.08. The van der Waals surface area contributed by atoms with Gasteiger partial charge in [0.25, 0.3) is 5.89 Å². The number of aromatic nitrogens is 2. The van der Waals surface area contributed by atoms with Crippen molar-refractivity contribution in [3.63, 3.8) is 0 Å². The van der Waals surface area contributed by atoms with Gasteiger partial charge >= 0.3 is 0 Å². The highest BCUT2D eigenvalue weighted by Gasteiger charge is 2.24. The van der Waals surface area contributed by atoms with Crippen LogP contribution in [0.3, 0.4) is 0 Å². The van der Waals surface area contributed by atoms with E-state index in [9.17, 15) is 0 Å². The highest BCUT2D eigenvalue weighted by molar-refractivity contribution is 7.15. The zero-order chi connectivity index (χ0) is 12.7. The molecule has 4 rings (SSSR count). The smallest absolute Gasteiger partial charge is 0.268 e. The van der Waals surface area contributed by atoms with E-state index in [2.05, 4.69) is 16.2 Å². The van der Waals surface area contributed by atoms with Gasteiger partial charge in [0, 0.05) is 17.4 Å². The zero-order valence-corrected chi connectivity index (χ0v) is 11.5. The number of rotatable bonds is 2. The van der Waals surface area contributed by atoms with Gasteiger partial charge in [0.1, 0.15) is 0 Å². The summed E-state index contributed by atoms with van der Waals surface area (Å²) >= 11 is 1.82. The Labute approximate surface area is 115 Å². The summed E-state index contributed by atoms with van der Waals surface area (Å²) in [6, 6.07) is 2.24. The lowest BCUT2D eigenvalue weighted by Crippen LogP contribution is -1.99. The second-order valence-corrected chi connectivity index (χ2v) is 6.42. The summed E-state index contributed by atoms with van der Waals surface area (Å²) in [6.45, 7) is 1.53. The fourth-order valence-electron chi connectivity index (χ4n) is 2.83. The third-order valence-corrected chi connectivity index (χ3v) is 5.17. The van der Waals surface area contributed by atoms with E-state index >= 15 is 0 Å². The number of aryl methyl sites for hydroxylation is 2. The molecule has 5 heteroatoms. The van der Waals surface area contributed by atoms with Gasteiger partial charge in [-0.25, -0.2) is 0 Å². The van der Waals surface area contributed by atoms with E-state index in [0.29, 0.717) is 11.8 Å². The molecule has 1 aliphatic heterocycles. The Morgan fingerprint density at radius 1 is 1.26 bits per heavy atom. The van der Waals surface area contributed by atoms with Crippen LogP contribution in [0.2, 0.25) is 0 Å². The summed E-state index contributed by atoms with van der Waals surface area (Å²) < 4.78 is 10.8. The molecule has 1 fully saturated rings. The fraction of sp³-hybridized carbons (Fsp3) is 0.571. The minimum absolute atomic E-state index is 0.312. The molecule has 0 unspecified atom stereocenters. The summed E-state index contributed by atoms with van der Waals surface area (Å²) in [5.41, 5.74) is 1.48. The first-order chi connectivity index (χ1) is 9.40. The molecule has 2 aromatic heterocycles. The average molecular weight is 276 g/mol. The van der Waals surface area contributed by atoms with Crippen LogP contribution in [0.5, 0.6) is 0 Å². The van der Waals surface area contributed by atoms with Crippen LogP contribution in [0, 0.1) is 0 Å². The predicted molar refractivity (Wildman–Crippen MR) is 72.4 cm³/mol. The molecule has 0 spiro atoms. The van der Waals surface area contributed by atoms with Crippen molar-refractivity contribution in [2.45, 2.75) is 38.0 Å². The monoisotopic (exact) mass is 276 g/mol. The van der Waals surface area contributed by atoms with Crippen molar-refractivity contribution in [3.05, 3.63) is 22.3 Å². The number of hydrogen-bond donors (Lipinski definition) is 0. The van der Waals surface area contributed by atoms with Crippen molar-refractivity contribution in [3.8, 4) is 10.8 Å².